The topological polar surface area (TPSA) is 54.9 Å². The molecule has 0 aliphatic carbocycles. The molecule has 0 unspecified atom stereocenters. The van der Waals surface area contributed by atoms with Crippen molar-refractivity contribution in [2.75, 3.05) is 12.3 Å². The Balaban J connectivity index is 1.37. The number of carbonyl (C=O) groups is 1. The Labute approximate surface area is 187 Å². The first-order valence-electron chi connectivity index (χ1n) is 10.5. The van der Waals surface area contributed by atoms with E-state index in [0.717, 1.165) is 34.6 Å². The van der Waals surface area contributed by atoms with Gasteiger partial charge >= 0.3 is 0 Å². The molecule has 0 bridgehead atoms. The summed E-state index contributed by atoms with van der Waals surface area (Å²) < 4.78 is 0. The molecule has 0 atom stereocenters. The molecule has 3 aromatic carbocycles. The zero-order chi connectivity index (χ0) is 21.3. The molecule has 0 aliphatic rings. The molecule has 0 fully saturated rings. The van der Waals surface area contributed by atoms with Gasteiger partial charge in [-0.25, -0.2) is 9.97 Å². The van der Waals surface area contributed by atoms with E-state index in [4.69, 9.17) is 9.97 Å². The lowest BCUT2D eigenvalue weighted by molar-refractivity contribution is -0.118. The van der Waals surface area contributed by atoms with Crippen LogP contribution in [0.5, 0.6) is 0 Å². The Hall–Kier alpha value is -3.18. The minimum absolute atomic E-state index is 0.0266. The minimum atomic E-state index is 0.0266. The summed E-state index contributed by atoms with van der Waals surface area (Å²) in [5.74, 6) is 0.360. The van der Waals surface area contributed by atoms with Crippen LogP contribution in [0.2, 0.25) is 0 Å². The maximum absolute atomic E-state index is 12.4. The maximum atomic E-state index is 12.4. The van der Waals surface area contributed by atoms with Crippen LogP contribution in [-0.2, 0) is 17.6 Å². The third-order valence-corrected chi connectivity index (χ3v) is 5.97. The van der Waals surface area contributed by atoms with E-state index >= 15 is 0 Å². The van der Waals surface area contributed by atoms with Gasteiger partial charge in [0.05, 0.1) is 22.5 Å². The van der Waals surface area contributed by atoms with Gasteiger partial charge in [-0.1, -0.05) is 84.6 Å². The van der Waals surface area contributed by atoms with Gasteiger partial charge in [0, 0.05) is 13.0 Å². The number of aromatic nitrogens is 2. The lowest BCUT2D eigenvalue weighted by Crippen LogP contribution is -2.26. The highest BCUT2D eigenvalue weighted by Gasteiger charge is 2.12. The molecule has 1 aromatic heterocycles. The van der Waals surface area contributed by atoms with Gasteiger partial charge in [0.2, 0.25) is 5.91 Å². The summed E-state index contributed by atoms with van der Waals surface area (Å²) in [6.45, 7) is 0.675. The number of nitrogens with one attached hydrogen (secondary N) is 1. The highest BCUT2D eigenvalue weighted by atomic mass is 32.2. The van der Waals surface area contributed by atoms with Crippen molar-refractivity contribution in [1.29, 1.82) is 0 Å². The standard InChI is InChI=1S/C26H25N3OS/c30-25(27-17-9-14-20-10-3-1-4-11-20)19-31-26-24(18-21-12-5-2-6-13-21)28-22-15-7-8-16-23(22)29-26/h1-8,10-13,15-16H,9,14,17-19H2,(H,27,30). The van der Waals surface area contributed by atoms with Crippen LogP contribution in [-0.4, -0.2) is 28.2 Å². The molecule has 1 amide bonds. The third-order valence-electron chi connectivity index (χ3n) is 4.97. The number of nitrogens with zero attached hydrogens (tertiary/aromatic N) is 2. The Morgan fingerprint density at radius 1 is 0.774 bits per heavy atom. The van der Waals surface area contributed by atoms with E-state index in [-0.39, 0.29) is 5.91 Å². The molecule has 5 heteroatoms. The lowest BCUT2D eigenvalue weighted by atomic mass is 10.1. The van der Waals surface area contributed by atoms with Crippen LogP contribution in [0.25, 0.3) is 11.0 Å². The Bertz CT molecular complexity index is 1130. The Kier molecular flexibility index (Phi) is 7.29. The molecule has 0 spiro atoms. The van der Waals surface area contributed by atoms with Crippen LogP contribution >= 0.6 is 11.8 Å². The Morgan fingerprint density at radius 3 is 2.10 bits per heavy atom. The zero-order valence-electron chi connectivity index (χ0n) is 17.3. The van der Waals surface area contributed by atoms with Gasteiger partial charge in [0.15, 0.2) is 0 Å². The van der Waals surface area contributed by atoms with Crippen molar-refractivity contribution in [3.63, 3.8) is 0 Å². The molecular formula is C26H25N3OS. The number of fused-ring (bicyclic) bond motifs is 1. The number of carbonyl (C=O) groups excluding carboxylic acids is 1. The molecule has 1 heterocycles. The molecule has 4 aromatic rings. The van der Waals surface area contributed by atoms with Gasteiger partial charge in [-0.3, -0.25) is 4.79 Å². The predicted molar refractivity (Wildman–Crippen MR) is 127 cm³/mol. The van der Waals surface area contributed by atoms with Crippen LogP contribution < -0.4 is 5.32 Å². The van der Waals surface area contributed by atoms with Crippen LogP contribution in [0.15, 0.2) is 90.0 Å². The van der Waals surface area contributed by atoms with E-state index in [1.807, 2.05) is 60.7 Å². The molecule has 31 heavy (non-hydrogen) atoms. The van der Waals surface area contributed by atoms with E-state index < -0.39 is 0 Å². The van der Waals surface area contributed by atoms with Crippen LogP contribution in [0, 0.1) is 0 Å². The zero-order valence-corrected chi connectivity index (χ0v) is 18.1. The molecule has 156 valence electrons. The number of hydrogen-bond donors (Lipinski definition) is 1. The number of aryl methyl sites for hydroxylation is 1. The second-order valence-corrected chi connectivity index (χ2v) is 8.32. The monoisotopic (exact) mass is 427 g/mol. The molecule has 0 aliphatic heterocycles. The summed E-state index contributed by atoms with van der Waals surface area (Å²) in [7, 11) is 0. The Morgan fingerprint density at radius 2 is 1.39 bits per heavy atom. The van der Waals surface area contributed by atoms with Crippen molar-refractivity contribution < 1.29 is 4.79 Å². The quantitative estimate of drug-likeness (QED) is 0.300. The number of hydrogen-bond acceptors (Lipinski definition) is 4. The van der Waals surface area contributed by atoms with Gasteiger partial charge in [-0.15, -0.1) is 0 Å². The van der Waals surface area contributed by atoms with Crippen molar-refractivity contribution in [3.8, 4) is 0 Å². The summed E-state index contributed by atoms with van der Waals surface area (Å²) in [5, 5.41) is 3.84. The average molecular weight is 428 g/mol. The summed E-state index contributed by atoms with van der Waals surface area (Å²) in [6, 6.07) is 28.4. The van der Waals surface area contributed by atoms with E-state index in [9.17, 15) is 4.79 Å². The van der Waals surface area contributed by atoms with Gasteiger partial charge < -0.3 is 5.32 Å². The average Bonchev–Trinajstić information content (AvgIpc) is 2.82. The summed E-state index contributed by atoms with van der Waals surface area (Å²) >= 11 is 1.46. The molecule has 0 saturated heterocycles. The van der Waals surface area contributed by atoms with Gasteiger partial charge in [-0.2, -0.15) is 0 Å². The van der Waals surface area contributed by atoms with Crippen LogP contribution in [0.4, 0.5) is 0 Å². The summed E-state index contributed by atoms with van der Waals surface area (Å²) in [4.78, 5) is 22.0. The minimum Gasteiger partial charge on any atom is -0.355 e. The van der Waals surface area contributed by atoms with Crippen molar-refractivity contribution in [2.45, 2.75) is 24.3 Å². The van der Waals surface area contributed by atoms with Gasteiger partial charge in [-0.05, 0) is 36.1 Å². The molecule has 1 N–H and O–H groups in total. The first kappa shape index (κ1) is 21.1. The largest absolute Gasteiger partial charge is 0.355 e. The fourth-order valence-corrected chi connectivity index (χ4v) is 4.21. The molecular weight excluding hydrogens is 402 g/mol. The number of amides is 1. The first-order valence-corrected chi connectivity index (χ1v) is 11.5. The van der Waals surface area contributed by atoms with E-state index in [0.29, 0.717) is 18.7 Å². The third kappa shape index (κ3) is 6.15. The van der Waals surface area contributed by atoms with Crippen molar-refractivity contribution in [1.82, 2.24) is 15.3 Å². The molecule has 0 radical (unpaired) electrons. The normalized spacial score (nSPS) is 10.8. The van der Waals surface area contributed by atoms with Crippen molar-refractivity contribution in [2.24, 2.45) is 0 Å². The van der Waals surface area contributed by atoms with Crippen molar-refractivity contribution >= 4 is 28.7 Å². The van der Waals surface area contributed by atoms with Gasteiger partial charge in [0.25, 0.3) is 0 Å². The van der Waals surface area contributed by atoms with Crippen molar-refractivity contribution in [3.05, 3.63) is 102 Å². The van der Waals surface area contributed by atoms with E-state index in [1.165, 1.54) is 22.9 Å². The second-order valence-electron chi connectivity index (χ2n) is 7.35. The van der Waals surface area contributed by atoms with Gasteiger partial charge in [0.1, 0.15) is 5.03 Å². The highest BCUT2D eigenvalue weighted by Crippen LogP contribution is 2.24. The number of thioether (sulfide) groups is 1. The maximum Gasteiger partial charge on any atom is 0.230 e. The lowest BCUT2D eigenvalue weighted by Gasteiger charge is -2.10. The fourth-order valence-electron chi connectivity index (χ4n) is 3.39. The highest BCUT2D eigenvalue weighted by molar-refractivity contribution is 7.99. The SMILES string of the molecule is O=C(CSc1nc2ccccc2nc1Cc1ccccc1)NCCCc1ccccc1. The van der Waals surface area contributed by atoms with E-state index in [2.05, 4.69) is 29.6 Å². The first-order chi connectivity index (χ1) is 15.3. The van der Waals surface area contributed by atoms with Crippen LogP contribution in [0.1, 0.15) is 23.2 Å². The summed E-state index contributed by atoms with van der Waals surface area (Å²) in [6.07, 6.45) is 2.58. The summed E-state index contributed by atoms with van der Waals surface area (Å²) in [5.41, 5.74) is 5.11. The molecule has 0 saturated carbocycles. The number of para-hydroxylation sites is 2. The molecule has 4 nitrogen and oxygen atoms in total. The number of benzene rings is 3. The number of rotatable bonds is 9. The predicted octanol–water partition coefficient (Wildman–Crippen LogP) is 5.06. The van der Waals surface area contributed by atoms with E-state index in [1.54, 1.807) is 0 Å². The smallest absolute Gasteiger partial charge is 0.230 e. The molecule has 4 rings (SSSR count). The van der Waals surface area contributed by atoms with Crippen LogP contribution in [0.3, 0.4) is 0 Å². The second kappa shape index (κ2) is 10.7. The fraction of sp³-hybridized carbons (Fsp3) is 0.192.